The van der Waals surface area contributed by atoms with Crippen LogP contribution in [0.25, 0.3) is 16.5 Å². The molecule has 4 fully saturated rings. The first kappa shape index (κ1) is 18.5. The quantitative estimate of drug-likeness (QED) is 0.331. The van der Waals surface area contributed by atoms with E-state index in [1.165, 1.54) is 25.5 Å². The van der Waals surface area contributed by atoms with E-state index >= 15 is 0 Å². The summed E-state index contributed by atoms with van der Waals surface area (Å²) in [5.41, 5.74) is 0.115. The van der Waals surface area contributed by atoms with Gasteiger partial charge in [0.15, 0.2) is 5.76 Å². The van der Waals surface area contributed by atoms with Crippen LogP contribution in [-0.4, -0.2) is 34.5 Å². The van der Waals surface area contributed by atoms with Crippen molar-refractivity contribution in [2.75, 3.05) is 0 Å². The van der Waals surface area contributed by atoms with Gasteiger partial charge in [0.1, 0.15) is 17.4 Å². The van der Waals surface area contributed by atoms with Crippen LogP contribution in [0.15, 0.2) is 35.2 Å². The Bertz CT molecular complexity index is 1320. The first-order valence-electron chi connectivity index (χ1n) is 11.0. The highest BCUT2D eigenvalue weighted by molar-refractivity contribution is 7.16. The normalized spacial score (nSPS) is 31.0. The van der Waals surface area contributed by atoms with Gasteiger partial charge in [-0.2, -0.15) is 14.7 Å². The summed E-state index contributed by atoms with van der Waals surface area (Å²) in [5.74, 6) is 2.56. The highest BCUT2D eigenvalue weighted by Gasteiger charge is 2.59. The van der Waals surface area contributed by atoms with Crippen molar-refractivity contribution in [3.63, 3.8) is 0 Å². The van der Waals surface area contributed by atoms with E-state index in [-0.39, 0.29) is 21.6 Å². The fourth-order valence-corrected chi connectivity index (χ4v) is 8.16. The zero-order valence-electron chi connectivity index (χ0n) is 17.3. The van der Waals surface area contributed by atoms with Gasteiger partial charge in [0, 0.05) is 6.42 Å². The van der Waals surface area contributed by atoms with E-state index in [0.717, 1.165) is 35.7 Å². The first-order chi connectivity index (χ1) is 15.5. The molecule has 8 rings (SSSR count). The monoisotopic (exact) mass is 451 g/mol. The minimum atomic E-state index is -0.351. The van der Waals surface area contributed by atoms with E-state index in [1.54, 1.807) is 28.3 Å². The van der Waals surface area contributed by atoms with Crippen LogP contribution < -0.4 is 0 Å². The summed E-state index contributed by atoms with van der Waals surface area (Å²) in [6.07, 6.45) is 12.3. The summed E-state index contributed by atoms with van der Waals surface area (Å²) in [5, 5.41) is 30.2. The molecule has 32 heavy (non-hydrogen) atoms. The molecule has 0 N–H and O–H groups in total. The molecule has 0 spiro atoms. The largest absolute Gasteiger partial charge is 0.461 e. The second-order valence-corrected chi connectivity index (χ2v) is 11.0. The average molecular weight is 452 g/mol. The molecule has 0 saturated heterocycles. The minimum Gasteiger partial charge on any atom is -0.461 e. The van der Waals surface area contributed by atoms with Gasteiger partial charge >= 0.3 is 5.69 Å². The Labute approximate surface area is 186 Å². The number of rotatable bonds is 5. The summed E-state index contributed by atoms with van der Waals surface area (Å²) >= 11 is 1.59. The molecule has 10 nitrogen and oxygen atoms in total. The van der Waals surface area contributed by atoms with Crippen molar-refractivity contribution in [3.05, 3.63) is 45.9 Å². The predicted molar refractivity (Wildman–Crippen MR) is 114 cm³/mol. The minimum absolute atomic E-state index is 0.0777. The lowest BCUT2D eigenvalue weighted by atomic mass is 9.46. The molecule has 4 aromatic rings. The van der Waals surface area contributed by atoms with Crippen molar-refractivity contribution in [2.45, 2.75) is 50.5 Å². The molecule has 2 unspecified atom stereocenters. The number of nitrogens with zero attached hydrogens (tertiary/aromatic N) is 7. The van der Waals surface area contributed by atoms with E-state index in [4.69, 9.17) is 9.52 Å². The van der Waals surface area contributed by atoms with Gasteiger partial charge in [-0.25, -0.2) is 0 Å². The van der Waals surface area contributed by atoms with E-state index < -0.39 is 0 Å². The second kappa shape index (κ2) is 6.25. The fourth-order valence-electron chi connectivity index (χ4n) is 7.15. The van der Waals surface area contributed by atoms with Crippen LogP contribution in [0.1, 0.15) is 43.5 Å². The summed E-state index contributed by atoms with van der Waals surface area (Å²) in [4.78, 5) is 11.7. The molecule has 11 heteroatoms. The Balaban J connectivity index is 1.23. The number of furan rings is 1. The first-order valence-corrected chi connectivity index (χ1v) is 11.8. The van der Waals surface area contributed by atoms with E-state index in [9.17, 15) is 10.1 Å². The summed E-state index contributed by atoms with van der Waals surface area (Å²) < 4.78 is 9.20. The summed E-state index contributed by atoms with van der Waals surface area (Å²) in [6.45, 7) is 0. The van der Waals surface area contributed by atoms with Crippen LogP contribution in [0.4, 0.5) is 5.69 Å². The zero-order valence-corrected chi connectivity index (χ0v) is 18.1. The second-order valence-electron chi connectivity index (χ2n) is 9.95. The molecule has 4 aliphatic rings. The van der Waals surface area contributed by atoms with Crippen LogP contribution in [0.5, 0.6) is 0 Å². The SMILES string of the molecule is O=[N+]([O-])c1cnn(C23C[C@@H]4C[C@@H](CC(Cc5nn6c(-c7ccco7)nnc6s5)(C4)C2)C3)c1. The highest BCUT2D eigenvalue weighted by atomic mass is 32.1. The topological polar surface area (TPSA) is 117 Å². The third kappa shape index (κ3) is 2.63. The van der Waals surface area contributed by atoms with Crippen molar-refractivity contribution < 1.29 is 9.34 Å². The van der Waals surface area contributed by atoms with Crippen molar-refractivity contribution in [1.29, 1.82) is 0 Å². The number of nitro groups is 1. The smallest absolute Gasteiger partial charge is 0.307 e. The maximum atomic E-state index is 11.2. The van der Waals surface area contributed by atoms with E-state index in [1.807, 2.05) is 16.8 Å². The molecular formula is C21H21N7O3S. The van der Waals surface area contributed by atoms with Gasteiger partial charge in [0.2, 0.25) is 10.8 Å². The van der Waals surface area contributed by atoms with Crippen LogP contribution in [0, 0.1) is 27.4 Å². The molecule has 4 aliphatic carbocycles. The third-order valence-corrected chi connectivity index (χ3v) is 8.62. The lowest BCUT2D eigenvalue weighted by Gasteiger charge is -2.62. The van der Waals surface area contributed by atoms with Crippen LogP contribution in [-0.2, 0) is 12.0 Å². The van der Waals surface area contributed by atoms with Crippen molar-refractivity contribution in [3.8, 4) is 11.6 Å². The average Bonchev–Trinajstić information content (AvgIpc) is 3.50. The molecule has 4 bridgehead atoms. The van der Waals surface area contributed by atoms with Crippen LogP contribution in [0.3, 0.4) is 0 Å². The van der Waals surface area contributed by atoms with Gasteiger partial charge in [0.05, 0.1) is 16.7 Å². The molecule has 4 heterocycles. The highest BCUT2D eigenvalue weighted by Crippen LogP contribution is 2.65. The fraction of sp³-hybridized carbons (Fsp3) is 0.524. The van der Waals surface area contributed by atoms with Gasteiger partial charge in [-0.15, -0.1) is 10.2 Å². The molecule has 0 aromatic carbocycles. The summed E-state index contributed by atoms with van der Waals surface area (Å²) in [7, 11) is 0. The zero-order chi connectivity index (χ0) is 21.5. The van der Waals surface area contributed by atoms with Crippen LogP contribution in [0.2, 0.25) is 0 Å². The van der Waals surface area contributed by atoms with Gasteiger partial charge in [-0.05, 0) is 67.9 Å². The molecule has 0 radical (unpaired) electrons. The van der Waals surface area contributed by atoms with Crippen molar-refractivity contribution >= 4 is 22.0 Å². The molecule has 4 saturated carbocycles. The Kier molecular flexibility index (Phi) is 3.61. The number of hydrogen-bond donors (Lipinski definition) is 0. The van der Waals surface area contributed by atoms with E-state index in [2.05, 4.69) is 15.3 Å². The van der Waals surface area contributed by atoms with Crippen molar-refractivity contribution in [1.82, 2.24) is 29.6 Å². The van der Waals surface area contributed by atoms with Gasteiger partial charge in [0.25, 0.3) is 0 Å². The van der Waals surface area contributed by atoms with Gasteiger partial charge < -0.3 is 4.42 Å². The number of fused-ring (bicyclic) bond motifs is 1. The van der Waals surface area contributed by atoms with Crippen LogP contribution >= 0.6 is 11.3 Å². The Morgan fingerprint density at radius 1 is 1.25 bits per heavy atom. The Morgan fingerprint density at radius 2 is 2.09 bits per heavy atom. The molecule has 0 aliphatic heterocycles. The Morgan fingerprint density at radius 3 is 2.81 bits per heavy atom. The standard InChI is InChI=1S/C21H21N7O3S/c29-28(30)15-10-22-26(11-15)21-7-13-4-14(8-21)6-20(5-13,12-21)9-17-25-27-18(16-2-1-3-31-16)23-24-19(27)32-17/h1-3,10-11,13-14H,4-9,12H2/t13-,14+,20?,21?. The number of aromatic nitrogens is 6. The molecule has 4 aromatic heterocycles. The lowest BCUT2D eigenvalue weighted by molar-refractivity contribution is -0.385. The molecule has 164 valence electrons. The molecular weight excluding hydrogens is 430 g/mol. The Hall–Kier alpha value is -3.08. The lowest BCUT2D eigenvalue weighted by Crippen LogP contribution is -2.57. The maximum Gasteiger partial charge on any atom is 0.307 e. The predicted octanol–water partition coefficient (Wildman–Crippen LogP) is 4.09. The third-order valence-electron chi connectivity index (χ3n) is 7.72. The van der Waals surface area contributed by atoms with Gasteiger partial charge in [-0.1, -0.05) is 11.3 Å². The van der Waals surface area contributed by atoms with E-state index in [0.29, 0.717) is 23.4 Å². The van der Waals surface area contributed by atoms with Crippen molar-refractivity contribution in [2.24, 2.45) is 17.3 Å². The molecule has 0 amide bonds. The number of hydrogen-bond acceptors (Lipinski definition) is 8. The van der Waals surface area contributed by atoms with Gasteiger partial charge in [-0.3, -0.25) is 14.8 Å². The summed E-state index contributed by atoms with van der Waals surface area (Å²) in [6, 6.07) is 3.69. The molecule has 4 atom stereocenters. The maximum absolute atomic E-state index is 11.2.